The number of thioether (sulfide) groups is 1. The highest BCUT2D eigenvalue weighted by Gasteiger charge is 2.02. The Morgan fingerprint density at radius 3 is 2.63 bits per heavy atom. The largest absolute Gasteiger partial charge is 0.384 e. The zero-order valence-electron chi connectivity index (χ0n) is 10.00. The number of rotatable bonds is 5. The third-order valence-electron chi connectivity index (χ3n) is 2.42. The molecule has 1 N–H and O–H groups in total. The van der Waals surface area contributed by atoms with Crippen LogP contribution in [0.1, 0.15) is 0 Å². The number of nitrogens with one attached hydrogen (secondary N) is 1. The summed E-state index contributed by atoms with van der Waals surface area (Å²) in [5.41, 5.74) is 1.03. The van der Waals surface area contributed by atoms with Crippen LogP contribution >= 0.6 is 27.7 Å². The molecule has 0 saturated carbocycles. The van der Waals surface area contributed by atoms with Crippen molar-refractivity contribution in [3.05, 3.63) is 58.6 Å². The first-order valence-electron chi connectivity index (χ1n) is 5.72. The minimum atomic E-state index is -0.809. The summed E-state index contributed by atoms with van der Waals surface area (Å²) >= 11 is 4.89. The van der Waals surface area contributed by atoms with Crippen molar-refractivity contribution in [2.45, 2.75) is 4.90 Å². The van der Waals surface area contributed by atoms with E-state index in [-0.39, 0.29) is 0 Å². The fourth-order valence-electron chi connectivity index (χ4n) is 1.53. The highest BCUT2D eigenvalue weighted by molar-refractivity contribution is 9.10. The molecule has 2 rings (SSSR count). The maximum Gasteiger partial charge on any atom is 0.159 e. The summed E-state index contributed by atoms with van der Waals surface area (Å²) in [5.74, 6) is -0.834. The molecule has 19 heavy (non-hydrogen) atoms. The van der Waals surface area contributed by atoms with Crippen LogP contribution in [0.15, 0.2) is 51.8 Å². The zero-order chi connectivity index (χ0) is 13.7. The topological polar surface area (TPSA) is 12.0 Å². The summed E-state index contributed by atoms with van der Waals surface area (Å²) in [6.45, 7) is 0.750. The Morgan fingerprint density at radius 2 is 1.89 bits per heavy atom. The van der Waals surface area contributed by atoms with Crippen molar-refractivity contribution in [2.75, 3.05) is 17.6 Å². The molecule has 0 aliphatic carbocycles. The number of anilines is 1. The van der Waals surface area contributed by atoms with Crippen LogP contribution in [0.4, 0.5) is 14.5 Å². The van der Waals surface area contributed by atoms with Gasteiger partial charge in [-0.1, -0.05) is 22.0 Å². The molecule has 0 unspecified atom stereocenters. The second-order valence-electron chi connectivity index (χ2n) is 3.86. The molecular formula is C14H12BrF2NS. The summed E-state index contributed by atoms with van der Waals surface area (Å²) in [5, 5.41) is 3.26. The molecule has 0 fully saturated rings. The van der Waals surface area contributed by atoms with E-state index in [0.29, 0.717) is 0 Å². The van der Waals surface area contributed by atoms with Gasteiger partial charge in [-0.05, 0) is 36.4 Å². The van der Waals surface area contributed by atoms with Gasteiger partial charge in [0.15, 0.2) is 11.6 Å². The van der Waals surface area contributed by atoms with E-state index in [4.69, 9.17) is 0 Å². The molecular weight excluding hydrogens is 332 g/mol. The van der Waals surface area contributed by atoms with Gasteiger partial charge in [-0.15, -0.1) is 11.8 Å². The van der Waals surface area contributed by atoms with Gasteiger partial charge in [0.1, 0.15) is 0 Å². The first-order chi connectivity index (χ1) is 9.15. The summed E-state index contributed by atoms with van der Waals surface area (Å²) in [6.07, 6.45) is 0. The minimum Gasteiger partial charge on any atom is -0.384 e. The van der Waals surface area contributed by atoms with Crippen molar-refractivity contribution >= 4 is 33.4 Å². The van der Waals surface area contributed by atoms with Crippen LogP contribution in [0.25, 0.3) is 0 Å². The molecule has 2 aromatic carbocycles. The van der Waals surface area contributed by atoms with Crippen LogP contribution in [0, 0.1) is 11.6 Å². The SMILES string of the molecule is Fc1ccc(SCCNc2cccc(Br)c2)cc1F. The smallest absolute Gasteiger partial charge is 0.159 e. The Labute approximate surface area is 123 Å². The average molecular weight is 344 g/mol. The lowest BCUT2D eigenvalue weighted by Crippen LogP contribution is -2.03. The Kier molecular flexibility index (Phi) is 5.22. The van der Waals surface area contributed by atoms with E-state index in [0.717, 1.165) is 33.4 Å². The lowest BCUT2D eigenvalue weighted by molar-refractivity contribution is 0.506. The van der Waals surface area contributed by atoms with Crippen molar-refractivity contribution in [2.24, 2.45) is 0 Å². The normalized spacial score (nSPS) is 10.5. The second kappa shape index (κ2) is 6.91. The van der Waals surface area contributed by atoms with Gasteiger partial charge in [-0.25, -0.2) is 8.78 Å². The van der Waals surface area contributed by atoms with Crippen LogP contribution in [-0.2, 0) is 0 Å². The van der Waals surface area contributed by atoms with Crippen molar-refractivity contribution in [3.63, 3.8) is 0 Å². The number of hydrogen-bond donors (Lipinski definition) is 1. The van der Waals surface area contributed by atoms with E-state index >= 15 is 0 Å². The van der Waals surface area contributed by atoms with Gasteiger partial charge in [-0.3, -0.25) is 0 Å². The molecule has 100 valence electrons. The number of benzene rings is 2. The predicted octanol–water partition coefficient (Wildman–Crippen LogP) is 4.93. The third kappa shape index (κ3) is 4.51. The molecule has 0 amide bonds. The first-order valence-corrected chi connectivity index (χ1v) is 7.50. The van der Waals surface area contributed by atoms with E-state index in [1.807, 2.05) is 24.3 Å². The Bertz CT molecular complexity index is 563. The van der Waals surface area contributed by atoms with Gasteiger partial charge < -0.3 is 5.32 Å². The highest BCUT2D eigenvalue weighted by Crippen LogP contribution is 2.20. The summed E-state index contributed by atoms with van der Waals surface area (Å²) in [7, 11) is 0. The van der Waals surface area contributed by atoms with Crippen molar-refractivity contribution in [3.8, 4) is 0 Å². The van der Waals surface area contributed by atoms with E-state index in [1.54, 1.807) is 6.07 Å². The fourth-order valence-corrected chi connectivity index (χ4v) is 2.72. The number of hydrogen-bond acceptors (Lipinski definition) is 2. The van der Waals surface area contributed by atoms with Crippen LogP contribution in [0.2, 0.25) is 0 Å². The summed E-state index contributed by atoms with van der Waals surface area (Å²) in [4.78, 5) is 0.731. The average Bonchev–Trinajstić information content (AvgIpc) is 2.39. The molecule has 2 aromatic rings. The molecule has 0 atom stereocenters. The fraction of sp³-hybridized carbons (Fsp3) is 0.143. The van der Waals surface area contributed by atoms with Crippen molar-refractivity contribution in [1.29, 1.82) is 0 Å². The molecule has 0 aliphatic rings. The van der Waals surface area contributed by atoms with Crippen LogP contribution in [0.5, 0.6) is 0 Å². The molecule has 0 bridgehead atoms. The van der Waals surface area contributed by atoms with Gasteiger partial charge in [0, 0.05) is 27.4 Å². The predicted molar refractivity (Wildman–Crippen MR) is 79.7 cm³/mol. The summed E-state index contributed by atoms with van der Waals surface area (Å²) < 4.78 is 26.8. The van der Waals surface area contributed by atoms with Gasteiger partial charge in [0.25, 0.3) is 0 Å². The summed E-state index contributed by atoms with van der Waals surface area (Å²) in [6, 6.07) is 11.8. The zero-order valence-corrected chi connectivity index (χ0v) is 12.4. The standard InChI is InChI=1S/C14H12BrF2NS/c15-10-2-1-3-11(8-10)18-6-7-19-12-4-5-13(16)14(17)9-12/h1-5,8-9,18H,6-7H2. The maximum absolute atomic E-state index is 13.0. The highest BCUT2D eigenvalue weighted by atomic mass is 79.9. The van der Waals surface area contributed by atoms with E-state index in [9.17, 15) is 8.78 Å². The quantitative estimate of drug-likeness (QED) is 0.610. The van der Waals surface area contributed by atoms with Gasteiger partial charge in [-0.2, -0.15) is 0 Å². The Balaban J connectivity index is 1.79. The van der Waals surface area contributed by atoms with Crippen LogP contribution in [-0.4, -0.2) is 12.3 Å². The third-order valence-corrected chi connectivity index (χ3v) is 3.90. The molecule has 1 nitrogen and oxygen atoms in total. The molecule has 0 heterocycles. The molecule has 0 saturated heterocycles. The van der Waals surface area contributed by atoms with Gasteiger partial charge in [0.05, 0.1) is 0 Å². The van der Waals surface area contributed by atoms with Crippen molar-refractivity contribution < 1.29 is 8.78 Å². The monoisotopic (exact) mass is 343 g/mol. The minimum absolute atomic E-state index is 0.731. The van der Waals surface area contributed by atoms with Gasteiger partial charge >= 0.3 is 0 Å². The molecule has 0 aromatic heterocycles. The van der Waals surface area contributed by atoms with E-state index in [1.165, 1.54) is 17.8 Å². The van der Waals surface area contributed by atoms with Crippen LogP contribution < -0.4 is 5.32 Å². The van der Waals surface area contributed by atoms with E-state index in [2.05, 4.69) is 21.2 Å². The van der Waals surface area contributed by atoms with Crippen LogP contribution in [0.3, 0.4) is 0 Å². The molecule has 0 aliphatic heterocycles. The molecule has 0 spiro atoms. The Morgan fingerprint density at radius 1 is 1.05 bits per heavy atom. The van der Waals surface area contributed by atoms with E-state index < -0.39 is 11.6 Å². The van der Waals surface area contributed by atoms with Gasteiger partial charge in [0.2, 0.25) is 0 Å². The number of halogens is 3. The molecule has 0 radical (unpaired) electrons. The second-order valence-corrected chi connectivity index (χ2v) is 5.95. The Hall–Kier alpha value is -1.07. The molecule has 5 heteroatoms. The lowest BCUT2D eigenvalue weighted by Gasteiger charge is -2.06. The lowest BCUT2D eigenvalue weighted by atomic mass is 10.3. The first kappa shape index (κ1) is 14.3. The maximum atomic E-state index is 13.0. The van der Waals surface area contributed by atoms with Crippen molar-refractivity contribution in [1.82, 2.24) is 0 Å².